The Hall–Kier alpha value is -0.830. The van der Waals surface area contributed by atoms with Gasteiger partial charge in [0.2, 0.25) is 0 Å². The maximum Gasteiger partial charge on any atom is 0.138 e. The molecule has 0 radical (unpaired) electrons. The van der Waals surface area contributed by atoms with Gasteiger partial charge in [-0.2, -0.15) is 0 Å². The van der Waals surface area contributed by atoms with Crippen molar-refractivity contribution in [2.75, 3.05) is 7.05 Å². The molecule has 1 aliphatic carbocycles. The van der Waals surface area contributed by atoms with Gasteiger partial charge in [-0.1, -0.05) is 5.16 Å². The zero-order valence-electron chi connectivity index (χ0n) is 8.50. The molecular weight excluding hydrogens is 164 g/mol. The van der Waals surface area contributed by atoms with Crippen LogP contribution in [0.15, 0.2) is 4.52 Å². The smallest absolute Gasteiger partial charge is 0.138 e. The van der Waals surface area contributed by atoms with Crippen LogP contribution < -0.4 is 0 Å². The Kier molecular flexibility index (Phi) is 2.12. The third-order valence-corrected chi connectivity index (χ3v) is 2.76. The topological polar surface area (TPSA) is 29.3 Å². The molecule has 0 spiro atoms. The molecule has 72 valence electrons. The first-order valence-corrected chi connectivity index (χ1v) is 4.80. The number of aromatic nitrogens is 1. The van der Waals surface area contributed by atoms with Gasteiger partial charge in [-0.25, -0.2) is 0 Å². The van der Waals surface area contributed by atoms with E-state index in [2.05, 4.69) is 17.1 Å². The van der Waals surface area contributed by atoms with E-state index in [-0.39, 0.29) is 0 Å². The summed E-state index contributed by atoms with van der Waals surface area (Å²) in [5.74, 6) is 0.963. The van der Waals surface area contributed by atoms with Gasteiger partial charge in [-0.15, -0.1) is 0 Å². The zero-order chi connectivity index (χ0) is 9.42. The van der Waals surface area contributed by atoms with Gasteiger partial charge in [-0.3, -0.25) is 4.90 Å². The highest BCUT2D eigenvalue weighted by Gasteiger charge is 2.27. The highest BCUT2D eigenvalue weighted by molar-refractivity contribution is 5.20. The molecule has 0 N–H and O–H groups in total. The summed E-state index contributed by atoms with van der Waals surface area (Å²) in [6.07, 6.45) is 2.69. The van der Waals surface area contributed by atoms with E-state index < -0.39 is 0 Å². The number of hydrogen-bond donors (Lipinski definition) is 0. The molecular formula is C10H16N2O. The van der Waals surface area contributed by atoms with E-state index in [1.807, 2.05) is 13.8 Å². The first kappa shape index (κ1) is 8.75. The van der Waals surface area contributed by atoms with Crippen LogP contribution in [0.3, 0.4) is 0 Å². The summed E-state index contributed by atoms with van der Waals surface area (Å²) in [7, 11) is 2.17. The Balaban J connectivity index is 2.07. The fourth-order valence-corrected chi connectivity index (χ4v) is 1.62. The molecule has 1 saturated carbocycles. The second-order valence-electron chi connectivity index (χ2n) is 3.95. The van der Waals surface area contributed by atoms with Crippen molar-refractivity contribution in [3.8, 4) is 0 Å². The number of rotatable bonds is 3. The molecule has 1 aromatic heterocycles. The van der Waals surface area contributed by atoms with Crippen LogP contribution in [0.5, 0.6) is 0 Å². The van der Waals surface area contributed by atoms with Crippen LogP contribution in [0, 0.1) is 13.8 Å². The van der Waals surface area contributed by atoms with Crippen molar-refractivity contribution in [3.63, 3.8) is 0 Å². The SMILES string of the molecule is Cc1noc(C)c1CN(C)C1CC1. The molecule has 1 aliphatic rings. The molecule has 2 rings (SSSR count). The van der Waals surface area contributed by atoms with Gasteiger partial charge in [-0.05, 0) is 33.7 Å². The van der Waals surface area contributed by atoms with Crippen molar-refractivity contribution in [3.05, 3.63) is 17.0 Å². The highest BCUT2D eigenvalue weighted by Crippen LogP contribution is 2.27. The van der Waals surface area contributed by atoms with Crippen LogP contribution in [0.25, 0.3) is 0 Å². The summed E-state index contributed by atoms with van der Waals surface area (Å²) in [6, 6.07) is 0.800. The quantitative estimate of drug-likeness (QED) is 0.711. The van der Waals surface area contributed by atoms with E-state index in [0.717, 1.165) is 24.0 Å². The standard InChI is InChI=1S/C10H16N2O/c1-7-10(8(2)13-11-7)6-12(3)9-4-5-9/h9H,4-6H2,1-3H3. The monoisotopic (exact) mass is 180 g/mol. The second-order valence-corrected chi connectivity index (χ2v) is 3.95. The normalized spacial score (nSPS) is 16.9. The Morgan fingerprint density at radius 1 is 1.46 bits per heavy atom. The highest BCUT2D eigenvalue weighted by atomic mass is 16.5. The lowest BCUT2D eigenvalue weighted by Gasteiger charge is -2.14. The maximum atomic E-state index is 5.12. The molecule has 0 atom stereocenters. The van der Waals surface area contributed by atoms with Crippen LogP contribution in [0.4, 0.5) is 0 Å². The molecule has 0 aliphatic heterocycles. The van der Waals surface area contributed by atoms with Crippen LogP contribution in [0.1, 0.15) is 29.9 Å². The van der Waals surface area contributed by atoms with Crippen LogP contribution in [-0.4, -0.2) is 23.1 Å². The molecule has 0 unspecified atom stereocenters. The summed E-state index contributed by atoms with van der Waals surface area (Å²) in [5, 5.41) is 3.95. The van der Waals surface area contributed by atoms with Crippen LogP contribution in [-0.2, 0) is 6.54 Å². The molecule has 1 fully saturated rings. The molecule has 0 amide bonds. The van der Waals surface area contributed by atoms with Crippen molar-refractivity contribution < 1.29 is 4.52 Å². The summed E-state index contributed by atoms with van der Waals surface area (Å²) in [5.41, 5.74) is 2.29. The third kappa shape index (κ3) is 1.75. The maximum absolute atomic E-state index is 5.12. The Labute approximate surface area is 78.7 Å². The minimum atomic E-state index is 0.800. The predicted molar refractivity (Wildman–Crippen MR) is 50.5 cm³/mol. The van der Waals surface area contributed by atoms with Crippen molar-refractivity contribution in [1.29, 1.82) is 0 Å². The van der Waals surface area contributed by atoms with E-state index in [9.17, 15) is 0 Å². The van der Waals surface area contributed by atoms with Gasteiger partial charge in [0.15, 0.2) is 0 Å². The van der Waals surface area contributed by atoms with Crippen molar-refractivity contribution >= 4 is 0 Å². The largest absolute Gasteiger partial charge is 0.361 e. The van der Waals surface area contributed by atoms with E-state index in [1.54, 1.807) is 0 Å². The van der Waals surface area contributed by atoms with Gasteiger partial charge >= 0.3 is 0 Å². The predicted octanol–water partition coefficient (Wildman–Crippen LogP) is 1.89. The van der Waals surface area contributed by atoms with Crippen LogP contribution >= 0.6 is 0 Å². The van der Waals surface area contributed by atoms with Gasteiger partial charge in [0.1, 0.15) is 5.76 Å². The third-order valence-electron chi connectivity index (χ3n) is 2.76. The van der Waals surface area contributed by atoms with Crippen LogP contribution in [0.2, 0.25) is 0 Å². The van der Waals surface area contributed by atoms with Crippen molar-refractivity contribution in [1.82, 2.24) is 10.1 Å². The number of hydrogen-bond acceptors (Lipinski definition) is 3. The second kappa shape index (κ2) is 3.14. The molecule has 3 heteroatoms. The van der Waals surface area contributed by atoms with Crippen molar-refractivity contribution in [2.45, 2.75) is 39.3 Å². The lowest BCUT2D eigenvalue weighted by molar-refractivity contribution is 0.312. The summed E-state index contributed by atoms with van der Waals surface area (Å²) < 4.78 is 5.12. The first-order chi connectivity index (χ1) is 6.18. The number of aryl methyl sites for hydroxylation is 2. The molecule has 13 heavy (non-hydrogen) atoms. The minimum absolute atomic E-state index is 0.800. The zero-order valence-corrected chi connectivity index (χ0v) is 8.50. The van der Waals surface area contributed by atoms with E-state index in [4.69, 9.17) is 4.52 Å². The Morgan fingerprint density at radius 3 is 2.62 bits per heavy atom. The molecule has 0 bridgehead atoms. The van der Waals surface area contributed by atoms with E-state index in [1.165, 1.54) is 18.4 Å². The van der Waals surface area contributed by atoms with Gasteiger partial charge in [0.05, 0.1) is 5.69 Å². The summed E-state index contributed by atoms with van der Waals surface area (Å²) in [6.45, 7) is 4.97. The van der Waals surface area contributed by atoms with Gasteiger partial charge in [0.25, 0.3) is 0 Å². The lowest BCUT2D eigenvalue weighted by Crippen LogP contribution is -2.20. The fraction of sp³-hybridized carbons (Fsp3) is 0.700. The molecule has 0 saturated heterocycles. The minimum Gasteiger partial charge on any atom is -0.361 e. The Bertz CT molecular complexity index is 282. The molecule has 3 nitrogen and oxygen atoms in total. The fourth-order valence-electron chi connectivity index (χ4n) is 1.62. The van der Waals surface area contributed by atoms with Crippen molar-refractivity contribution in [2.24, 2.45) is 0 Å². The molecule has 0 aromatic carbocycles. The lowest BCUT2D eigenvalue weighted by atomic mass is 10.2. The van der Waals surface area contributed by atoms with Gasteiger partial charge in [0, 0.05) is 18.2 Å². The Morgan fingerprint density at radius 2 is 2.15 bits per heavy atom. The summed E-state index contributed by atoms with van der Waals surface area (Å²) >= 11 is 0. The van der Waals surface area contributed by atoms with E-state index in [0.29, 0.717) is 0 Å². The number of nitrogens with zero attached hydrogens (tertiary/aromatic N) is 2. The molecule has 1 aromatic rings. The van der Waals surface area contributed by atoms with E-state index >= 15 is 0 Å². The average molecular weight is 180 g/mol. The molecule has 1 heterocycles. The summed E-state index contributed by atoms with van der Waals surface area (Å²) in [4.78, 5) is 2.38. The first-order valence-electron chi connectivity index (χ1n) is 4.80. The van der Waals surface area contributed by atoms with Gasteiger partial charge < -0.3 is 4.52 Å². The average Bonchev–Trinajstić information content (AvgIpc) is 2.88.